The molecule has 2 aromatic rings. The van der Waals surface area contributed by atoms with Crippen LogP contribution in [0.1, 0.15) is 48.1 Å². The number of hydrogen-bond donors (Lipinski definition) is 1. The predicted octanol–water partition coefficient (Wildman–Crippen LogP) is 3.35. The van der Waals surface area contributed by atoms with E-state index in [1.165, 1.54) is 16.4 Å². The van der Waals surface area contributed by atoms with Crippen molar-refractivity contribution in [3.8, 4) is 0 Å². The van der Waals surface area contributed by atoms with Crippen molar-refractivity contribution in [2.24, 2.45) is 0 Å². The minimum Gasteiger partial charge on any atom is -0.345 e. The summed E-state index contributed by atoms with van der Waals surface area (Å²) in [6.45, 7) is 3.16. The van der Waals surface area contributed by atoms with E-state index in [-0.39, 0.29) is 16.8 Å². The summed E-state index contributed by atoms with van der Waals surface area (Å²) >= 11 is 0. The topological polar surface area (TPSA) is 66.5 Å². The molecule has 6 heteroatoms. The van der Waals surface area contributed by atoms with Crippen LogP contribution in [0.3, 0.4) is 0 Å². The SMILES string of the molecule is CC[C@@H](NC(=O)c1ccc(S(=O)(=O)N2CCCC2)cc1)c1ccccc1. The Balaban J connectivity index is 1.72. The maximum Gasteiger partial charge on any atom is 0.251 e. The molecule has 1 saturated heterocycles. The van der Waals surface area contributed by atoms with Crippen molar-refractivity contribution < 1.29 is 13.2 Å². The molecule has 5 nitrogen and oxygen atoms in total. The standard InChI is InChI=1S/C20H24N2O3S/c1-2-19(16-8-4-3-5-9-16)21-20(23)17-10-12-18(13-11-17)26(24,25)22-14-6-7-15-22/h3-5,8-13,19H,2,6-7,14-15H2,1H3,(H,21,23)/t19-/m1/s1. The van der Waals surface area contributed by atoms with Crippen LogP contribution in [0.4, 0.5) is 0 Å². The van der Waals surface area contributed by atoms with Crippen molar-refractivity contribution in [1.29, 1.82) is 0 Å². The first-order chi connectivity index (χ1) is 12.5. The van der Waals surface area contributed by atoms with Crippen LogP contribution < -0.4 is 5.32 Å². The van der Waals surface area contributed by atoms with Crippen molar-refractivity contribution in [3.63, 3.8) is 0 Å². The molecule has 1 aliphatic heterocycles. The lowest BCUT2D eigenvalue weighted by atomic mass is 10.0. The zero-order chi connectivity index (χ0) is 18.6. The molecule has 0 unspecified atom stereocenters. The molecule has 1 heterocycles. The van der Waals surface area contributed by atoms with Crippen LogP contribution in [-0.4, -0.2) is 31.7 Å². The molecular weight excluding hydrogens is 348 g/mol. The van der Waals surface area contributed by atoms with Gasteiger partial charge in [-0.25, -0.2) is 8.42 Å². The lowest BCUT2D eigenvalue weighted by molar-refractivity contribution is 0.0935. The number of hydrogen-bond acceptors (Lipinski definition) is 3. The van der Waals surface area contributed by atoms with Crippen LogP contribution in [0.25, 0.3) is 0 Å². The van der Waals surface area contributed by atoms with Gasteiger partial charge < -0.3 is 5.32 Å². The third-order valence-corrected chi connectivity index (χ3v) is 6.65. The Bertz CT molecular complexity index is 842. The first kappa shape index (κ1) is 18.6. The Morgan fingerprint density at radius 1 is 1.04 bits per heavy atom. The summed E-state index contributed by atoms with van der Waals surface area (Å²) in [5.74, 6) is -0.203. The van der Waals surface area contributed by atoms with E-state index in [2.05, 4.69) is 5.32 Å². The molecule has 0 aromatic heterocycles. The molecule has 3 rings (SSSR count). The van der Waals surface area contributed by atoms with Gasteiger partial charge in [-0.1, -0.05) is 37.3 Å². The monoisotopic (exact) mass is 372 g/mol. The summed E-state index contributed by atoms with van der Waals surface area (Å²) in [4.78, 5) is 12.8. The Hall–Kier alpha value is -2.18. The van der Waals surface area contributed by atoms with Gasteiger partial charge in [-0.05, 0) is 49.1 Å². The molecule has 1 amide bonds. The van der Waals surface area contributed by atoms with E-state index < -0.39 is 10.0 Å². The highest BCUT2D eigenvalue weighted by atomic mass is 32.2. The van der Waals surface area contributed by atoms with Gasteiger partial charge in [0.2, 0.25) is 10.0 Å². The number of rotatable bonds is 6. The average molecular weight is 372 g/mol. The van der Waals surface area contributed by atoms with E-state index in [9.17, 15) is 13.2 Å². The average Bonchev–Trinajstić information content (AvgIpc) is 3.22. The smallest absolute Gasteiger partial charge is 0.251 e. The van der Waals surface area contributed by atoms with Gasteiger partial charge in [-0.15, -0.1) is 0 Å². The summed E-state index contributed by atoms with van der Waals surface area (Å²) in [6.07, 6.45) is 2.58. The van der Waals surface area contributed by atoms with Crippen molar-refractivity contribution in [2.45, 2.75) is 37.1 Å². The number of carbonyl (C=O) groups is 1. The van der Waals surface area contributed by atoms with Gasteiger partial charge in [0, 0.05) is 18.7 Å². The number of nitrogens with zero attached hydrogens (tertiary/aromatic N) is 1. The highest BCUT2D eigenvalue weighted by Crippen LogP contribution is 2.22. The highest BCUT2D eigenvalue weighted by molar-refractivity contribution is 7.89. The Morgan fingerprint density at radius 2 is 1.65 bits per heavy atom. The summed E-state index contributed by atoms with van der Waals surface area (Å²) in [7, 11) is -3.45. The van der Waals surface area contributed by atoms with Crippen LogP contribution in [0.15, 0.2) is 59.5 Å². The second kappa shape index (κ2) is 8.01. The molecule has 0 aliphatic carbocycles. The third-order valence-electron chi connectivity index (χ3n) is 4.73. The molecule has 0 radical (unpaired) electrons. The van der Waals surface area contributed by atoms with Crippen LogP contribution >= 0.6 is 0 Å². The molecule has 0 spiro atoms. The maximum atomic E-state index is 12.6. The fourth-order valence-electron chi connectivity index (χ4n) is 3.20. The lowest BCUT2D eigenvalue weighted by Crippen LogP contribution is -2.29. The molecule has 26 heavy (non-hydrogen) atoms. The van der Waals surface area contributed by atoms with Crippen molar-refractivity contribution >= 4 is 15.9 Å². The van der Waals surface area contributed by atoms with Gasteiger partial charge in [-0.3, -0.25) is 4.79 Å². The molecule has 0 saturated carbocycles. The number of carbonyl (C=O) groups excluding carboxylic acids is 1. The van der Waals surface area contributed by atoms with E-state index >= 15 is 0 Å². The summed E-state index contributed by atoms with van der Waals surface area (Å²) in [5.41, 5.74) is 1.51. The van der Waals surface area contributed by atoms with Gasteiger partial charge in [0.15, 0.2) is 0 Å². The number of nitrogens with one attached hydrogen (secondary N) is 1. The van der Waals surface area contributed by atoms with Gasteiger partial charge in [-0.2, -0.15) is 4.31 Å². The van der Waals surface area contributed by atoms with Gasteiger partial charge in [0.1, 0.15) is 0 Å². The number of benzene rings is 2. The van der Waals surface area contributed by atoms with E-state index in [0.717, 1.165) is 24.8 Å². The fraction of sp³-hybridized carbons (Fsp3) is 0.350. The van der Waals surface area contributed by atoms with E-state index in [4.69, 9.17) is 0 Å². The molecule has 138 valence electrons. The Labute approximate surface area is 155 Å². The van der Waals surface area contributed by atoms with E-state index in [0.29, 0.717) is 18.7 Å². The zero-order valence-electron chi connectivity index (χ0n) is 14.9. The zero-order valence-corrected chi connectivity index (χ0v) is 15.7. The molecule has 1 N–H and O–H groups in total. The molecule has 1 atom stereocenters. The highest BCUT2D eigenvalue weighted by Gasteiger charge is 2.27. The van der Waals surface area contributed by atoms with Crippen molar-refractivity contribution in [1.82, 2.24) is 9.62 Å². The number of amides is 1. The van der Waals surface area contributed by atoms with E-state index in [1.54, 1.807) is 12.1 Å². The summed E-state index contributed by atoms with van der Waals surface area (Å²) < 4.78 is 26.6. The predicted molar refractivity (Wildman–Crippen MR) is 101 cm³/mol. The number of sulfonamides is 1. The maximum absolute atomic E-state index is 12.6. The van der Waals surface area contributed by atoms with Crippen molar-refractivity contribution in [3.05, 3.63) is 65.7 Å². The van der Waals surface area contributed by atoms with Crippen LogP contribution in [0.2, 0.25) is 0 Å². The molecule has 1 aliphatic rings. The van der Waals surface area contributed by atoms with Crippen LogP contribution in [0, 0.1) is 0 Å². The normalized spacial score (nSPS) is 16.3. The second-order valence-corrected chi connectivity index (χ2v) is 8.42. The molecule has 1 fully saturated rings. The molecule has 0 bridgehead atoms. The third kappa shape index (κ3) is 3.97. The van der Waals surface area contributed by atoms with Crippen LogP contribution in [-0.2, 0) is 10.0 Å². The summed E-state index contributed by atoms with van der Waals surface area (Å²) in [5, 5.41) is 3.01. The first-order valence-electron chi connectivity index (χ1n) is 8.98. The molecule has 2 aromatic carbocycles. The Morgan fingerprint density at radius 3 is 2.23 bits per heavy atom. The van der Waals surface area contributed by atoms with Crippen molar-refractivity contribution in [2.75, 3.05) is 13.1 Å². The van der Waals surface area contributed by atoms with E-state index in [1.807, 2.05) is 37.3 Å². The minimum atomic E-state index is -3.45. The lowest BCUT2D eigenvalue weighted by Gasteiger charge is -2.18. The largest absolute Gasteiger partial charge is 0.345 e. The molecular formula is C20H24N2O3S. The summed E-state index contributed by atoms with van der Waals surface area (Å²) in [6, 6.07) is 15.9. The van der Waals surface area contributed by atoms with Gasteiger partial charge in [0.25, 0.3) is 5.91 Å². The van der Waals surface area contributed by atoms with Gasteiger partial charge in [0.05, 0.1) is 10.9 Å². The second-order valence-electron chi connectivity index (χ2n) is 6.48. The first-order valence-corrected chi connectivity index (χ1v) is 10.4. The fourth-order valence-corrected chi connectivity index (χ4v) is 4.72. The minimum absolute atomic E-state index is 0.0725. The van der Waals surface area contributed by atoms with Crippen LogP contribution in [0.5, 0.6) is 0 Å². The Kier molecular flexibility index (Phi) is 5.74. The van der Waals surface area contributed by atoms with Gasteiger partial charge >= 0.3 is 0 Å². The quantitative estimate of drug-likeness (QED) is 0.846.